The van der Waals surface area contributed by atoms with Gasteiger partial charge in [0.15, 0.2) is 0 Å². The number of aryl methyl sites for hydroxylation is 1. The molecular formula is C26H30N4O2. The summed E-state index contributed by atoms with van der Waals surface area (Å²) >= 11 is 0. The molecule has 2 aliphatic rings. The number of fused-ring (bicyclic) bond motifs is 2. The van der Waals surface area contributed by atoms with Gasteiger partial charge in [-0.05, 0) is 50.5 Å². The number of hydrogen-bond acceptors (Lipinski definition) is 3. The Hall–Kier alpha value is -3.15. The number of aromatic nitrogens is 2. The second-order valence-electron chi connectivity index (χ2n) is 9.55. The molecule has 0 spiro atoms. The molecular weight excluding hydrogens is 400 g/mol. The topological polar surface area (TPSA) is 58.4 Å². The average molecular weight is 431 g/mol. The van der Waals surface area contributed by atoms with E-state index in [0.717, 1.165) is 47.5 Å². The van der Waals surface area contributed by atoms with Gasteiger partial charge in [-0.2, -0.15) is 0 Å². The van der Waals surface area contributed by atoms with Crippen LogP contribution in [0.25, 0.3) is 11.0 Å². The molecule has 0 N–H and O–H groups in total. The van der Waals surface area contributed by atoms with Gasteiger partial charge in [-0.15, -0.1) is 0 Å². The zero-order chi connectivity index (χ0) is 22.5. The van der Waals surface area contributed by atoms with Crippen LogP contribution < -0.4 is 4.90 Å². The number of rotatable bonds is 4. The number of likely N-dealkylation sites (tertiary alicyclic amines) is 1. The monoisotopic (exact) mass is 430 g/mol. The second-order valence-corrected chi connectivity index (χ2v) is 9.55. The van der Waals surface area contributed by atoms with E-state index in [1.165, 1.54) is 0 Å². The summed E-state index contributed by atoms with van der Waals surface area (Å²) in [5.74, 6) is 1.47. The van der Waals surface area contributed by atoms with E-state index in [0.29, 0.717) is 19.5 Å². The van der Waals surface area contributed by atoms with E-state index in [1.807, 2.05) is 61.2 Å². The Morgan fingerprint density at radius 1 is 1.12 bits per heavy atom. The first kappa shape index (κ1) is 20.7. The highest BCUT2D eigenvalue weighted by Crippen LogP contribution is 2.41. The fourth-order valence-corrected chi connectivity index (χ4v) is 5.33. The van der Waals surface area contributed by atoms with Gasteiger partial charge in [0.05, 0.1) is 16.4 Å². The van der Waals surface area contributed by atoms with Crippen LogP contribution in [0, 0.1) is 0 Å². The Morgan fingerprint density at radius 2 is 1.88 bits per heavy atom. The molecule has 2 aromatic carbocycles. The zero-order valence-electron chi connectivity index (χ0n) is 19.0. The first-order valence-corrected chi connectivity index (χ1v) is 11.5. The van der Waals surface area contributed by atoms with E-state index in [2.05, 4.69) is 17.7 Å². The first-order valence-electron chi connectivity index (χ1n) is 11.5. The lowest BCUT2D eigenvalue weighted by atomic mass is 9.86. The molecule has 6 nitrogen and oxygen atoms in total. The number of carbonyl (C=O) groups excluding carboxylic acids is 2. The van der Waals surface area contributed by atoms with Gasteiger partial charge in [-0.3, -0.25) is 9.59 Å². The predicted octanol–water partition coefficient (Wildman–Crippen LogP) is 3.99. The van der Waals surface area contributed by atoms with Crippen molar-refractivity contribution < 1.29 is 9.59 Å². The van der Waals surface area contributed by atoms with Gasteiger partial charge in [-0.1, -0.05) is 30.3 Å². The van der Waals surface area contributed by atoms with Crippen molar-refractivity contribution in [3.8, 4) is 0 Å². The van der Waals surface area contributed by atoms with Gasteiger partial charge in [0.25, 0.3) is 0 Å². The van der Waals surface area contributed by atoms with Crippen molar-refractivity contribution in [2.24, 2.45) is 7.05 Å². The van der Waals surface area contributed by atoms with E-state index >= 15 is 0 Å². The van der Waals surface area contributed by atoms with Gasteiger partial charge < -0.3 is 14.4 Å². The van der Waals surface area contributed by atoms with Crippen molar-refractivity contribution in [3.05, 3.63) is 59.9 Å². The molecule has 3 aromatic rings. The third kappa shape index (κ3) is 3.29. The highest BCUT2D eigenvalue weighted by atomic mass is 16.2. The van der Waals surface area contributed by atoms with Gasteiger partial charge in [0.2, 0.25) is 11.8 Å². The Balaban J connectivity index is 1.28. The van der Waals surface area contributed by atoms with Crippen LogP contribution in [-0.2, 0) is 22.1 Å². The number of anilines is 1. The maximum absolute atomic E-state index is 13.1. The van der Waals surface area contributed by atoms with E-state index in [4.69, 9.17) is 4.98 Å². The van der Waals surface area contributed by atoms with E-state index in [1.54, 1.807) is 4.90 Å². The van der Waals surface area contributed by atoms with E-state index < -0.39 is 5.41 Å². The summed E-state index contributed by atoms with van der Waals surface area (Å²) in [6, 6.07) is 16.1. The van der Waals surface area contributed by atoms with Crippen molar-refractivity contribution >= 4 is 28.5 Å². The number of hydrogen-bond donors (Lipinski definition) is 0. The average Bonchev–Trinajstić information content (AvgIpc) is 3.24. The minimum absolute atomic E-state index is 0.0720. The minimum Gasteiger partial charge on any atom is -0.342 e. The number of amides is 2. The lowest BCUT2D eigenvalue weighted by Crippen LogP contribution is -2.42. The molecule has 1 atom stereocenters. The summed E-state index contributed by atoms with van der Waals surface area (Å²) in [4.78, 5) is 34.8. The predicted molar refractivity (Wildman–Crippen MR) is 126 cm³/mol. The van der Waals surface area contributed by atoms with Crippen molar-refractivity contribution in [2.75, 3.05) is 24.5 Å². The SMILES string of the molecule is Cn1c(C2CCCN(C(=O)CCN3C(=O)C(C)(C)c4ccccc43)C2)nc2ccccc21. The number of benzene rings is 2. The smallest absolute Gasteiger partial charge is 0.237 e. The van der Waals surface area contributed by atoms with Gasteiger partial charge in [0.1, 0.15) is 5.82 Å². The van der Waals surface area contributed by atoms with Gasteiger partial charge in [-0.25, -0.2) is 4.98 Å². The van der Waals surface area contributed by atoms with Crippen LogP contribution in [0.2, 0.25) is 0 Å². The molecule has 2 aliphatic heterocycles. The van der Waals surface area contributed by atoms with Crippen molar-refractivity contribution in [3.63, 3.8) is 0 Å². The molecule has 1 fully saturated rings. The summed E-state index contributed by atoms with van der Waals surface area (Å²) in [7, 11) is 2.06. The molecule has 5 rings (SSSR count). The lowest BCUT2D eigenvalue weighted by molar-refractivity contribution is -0.132. The molecule has 32 heavy (non-hydrogen) atoms. The normalized spacial score (nSPS) is 20.1. The highest BCUT2D eigenvalue weighted by Gasteiger charge is 2.43. The fourth-order valence-electron chi connectivity index (χ4n) is 5.33. The molecule has 0 bridgehead atoms. The summed E-state index contributed by atoms with van der Waals surface area (Å²) in [6.07, 6.45) is 2.34. The lowest BCUT2D eigenvalue weighted by Gasteiger charge is -2.33. The Bertz CT molecular complexity index is 1200. The quantitative estimate of drug-likeness (QED) is 0.629. The van der Waals surface area contributed by atoms with Crippen LogP contribution >= 0.6 is 0 Å². The number of para-hydroxylation sites is 3. The van der Waals surface area contributed by atoms with Crippen LogP contribution in [0.3, 0.4) is 0 Å². The summed E-state index contributed by atoms with van der Waals surface area (Å²) in [6.45, 7) is 5.80. The maximum Gasteiger partial charge on any atom is 0.237 e. The molecule has 3 heterocycles. The van der Waals surface area contributed by atoms with E-state index in [9.17, 15) is 9.59 Å². The zero-order valence-corrected chi connectivity index (χ0v) is 19.0. The molecule has 1 saturated heterocycles. The third-order valence-electron chi connectivity index (χ3n) is 7.16. The van der Waals surface area contributed by atoms with Crippen LogP contribution in [0.5, 0.6) is 0 Å². The van der Waals surface area contributed by atoms with Crippen LogP contribution in [0.4, 0.5) is 5.69 Å². The summed E-state index contributed by atoms with van der Waals surface area (Å²) in [5.41, 5.74) is 3.56. The molecule has 0 radical (unpaired) electrons. The molecule has 0 aliphatic carbocycles. The first-order chi connectivity index (χ1) is 15.4. The Morgan fingerprint density at radius 3 is 2.69 bits per heavy atom. The van der Waals surface area contributed by atoms with E-state index in [-0.39, 0.29) is 17.7 Å². The van der Waals surface area contributed by atoms with Gasteiger partial charge >= 0.3 is 0 Å². The maximum atomic E-state index is 13.1. The van der Waals surface area contributed by atoms with Crippen molar-refractivity contribution in [1.29, 1.82) is 0 Å². The van der Waals surface area contributed by atoms with Crippen LogP contribution in [-0.4, -0.2) is 45.9 Å². The molecule has 6 heteroatoms. The molecule has 1 aromatic heterocycles. The standard InChI is InChI=1S/C26H30N4O2/c1-26(2)19-10-4-6-12-21(19)30(25(26)32)16-14-23(31)29-15-8-9-18(17-29)24-27-20-11-5-7-13-22(20)28(24)3/h4-7,10-13,18H,8-9,14-17H2,1-3H3. The molecule has 0 saturated carbocycles. The van der Waals surface area contributed by atoms with Crippen LogP contribution in [0.1, 0.15) is 50.4 Å². The molecule has 166 valence electrons. The summed E-state index contributed by atoms with van der Waals surface area (Å²) in [5, 5.41) is 0. The Kier molecular flexibility index (Phi) is 5.03. The van der Waals surface area contributed by atoms with Gasteiger partial charge in [0, 0.05) is 44.7 Å². The number of nitrogens with zero attached hydrogens (tertiary/aromatic N) is 4. The number of piperidine rings is 1. The largest absolute Gasteiger partial charge is 0.342 e. The van der Waals surface area contributed by atoms with Crippen molar-refractivity contribution in [1.82, 2.24) is 14.5 Å². The van der Waals surface area contributed by atoms with Crippen molar-refractivity contribution in [2.45, 2.75) is 44.4 Å². The van der Waals surface area contributed by atoms with Crippen LogP contribution in [0.15, 0.2) is 48.5 Å². The third-order valence-corrected chi connectivity index (χ3v) is 7.16. The number of carbonyl (C=O) groups is 2. The highest BCUT2D eigenvalue weighted by molar-refractivity contribution is 6.07. The Labute approximate surface area is 188 Å². The molecule has 2 amide bonds. The summed E-state index contributed by atoms with van der Waals surface area (Å²) < 4.78 is 2.16. The second kappa shape index (κ2) is 7.76. The minimum atomic E-state index is -0.546. The molecule has 1 unspecified atom stereocenters. The number of imidazole rings is 1. The fraction of sp³-hybridized carbons (Fsp3) is 0.423.